The Labute approximate surface area is 570 Å². The average molecular weight is 1350 g/mol. The SMILES string of the molecule is CN[C@@H](C)C(=O)N[C@H](C(=O)N1C[C@@H](NC(=O)CCC(=O)NCCCN2C[C@H]3CC(OCC(=O)NCCCNc4cc(N5CCC6(CC5)CN(c5cc(F)c(CN7CCC(C)(C)CC7)cc5F)CC(=O)N6)ncn4)C[C@H]3C2)C[C@H]1C(=O)N[C@H]1CCCc2ccccc21)C1CCCCC1. The molecule has 6 heterocycles. The van der Waals surface area contributed by atoms with Crippen LogP contribution in [0.4, 0.5) is 26.1 Å². The van der Waals surface area contributed by atoms with Crippen molar-refractivity contribution in [1.29, 1.82) is 0 Å². The summed E-state index contributed by atoms with van der Waals surface area (Å²) >= 11 is 0. The molecule has 2 aromatic carbocycles. The first-order valence-corrected chi connectivity index (χ1v) is 36.2. The van der Waals surface area contributed by atoms with E-state index in [2.05, 4.69) is 87.1 Å². The number of anilines is 3. The Morgan fingerprint density at radius 2 is 1.49 bits per heavy atom. The maximum Gasteiger partial charge on any atom is 0.246 e. The van der Waals surface area contributed by atoms with E-state index in [9.17, 15) is 33.6 Å². The summed E-state index contributed by atoms with van der Waals surface area (Å²) in [5.74, 6) is -0.444. The van der Waals surface area contributed by atoms with Gasteiger partial charge in [0.25, 0.3) is 0 Å². The summed E-state index contributed by atoms with van der Waals surface area (Å²) in [4.78, 5) is 114. The highest BCUT2D eigenvalue weighted by Gasteiger charge is 2.47. The first-order chi connectivity index (χ1) is 46.8. The molecule has 5 aliphatic heterocycles. The lowest BCUT2D eigenvalue weighted by atomic mass is 9.82. The zero-order valence-corrected chi connectivity index (χ0v) is 57.5. The van der Waals surface area contributed by atoms with Crippen LogP contribution in [0.1, 0.15) is 159 Å². The summed E-state index contributed by atoms with van der Waals surface area (Å²) in [7, 11) is 1.70. The molecular weight excluding hydrogens is 1240 g/mol. The highest BCUT2D eigenvalue weighted by Crippen LogP contribution is 2.40. The number of likely N-dealkylation sites (N-methyl/N-ethyl adjacent to an activating group) is 1. The topological polar surface area (TPSA) is 267 Å². The van der Waals surface area contributed by atoms with Crippen molar-refractivity contribution < 1.29 is 47.1 Å². The van der Waals surface area contributed by atoms with Crippen LogP contribution in [0.25, 0.3) is 0 Å². The molecule has 11 rings (SSSR count). The molecule has 23 nitrogen and oxygen atoms in total. The van der Waals surface area contributed by atoms with E-state index in [0.29, 0.717) is 88.3 Å². The molecule has 3 aromatic rings. The minimum absolute atomic E-state index is 0.00346. The number of nitrogens with zero attached hydrogens (tertiary/aromatic N) is 7. The molecule has 7 fully saturated rings. The lowest BCUT2D eigenvalue weighted by molar-refractivity contribution is -0.143. The quantitative estimate of drug-likeness (QED) is 0.0454. The van der Waals surface area contributed by atoms with Crippen LogP contribution in [0.5, 0.6) is 0 Å². The van der Waals surface area contributed by atoms with Crippen LogP contribution in [0.15, 0.2) is 48.8 Å². The average Bonchev–Trinajstić information content (AvgIpc) is 1.38. The van der Waals surface area contributed by atoms with Crippen LogP contribution < -0.4 is 52.3 Å². The Balaban J connectivity index is 0.543. The van der Waals surface area contributed by atoms with E-state index >= 15 is 8.78 Å². The van der Waals surface area contributed by atoms with E-state index in [4.69, 9.17) is 4.74 Å². The number of carbonyl (C=O) groups excluding carboxylic acids is 7. The molecule has 7 amide bonds. The molecule has 530 valence electrons. The van der Waals surface area contributed by atoms with Gasteiger partial charge in [-0.2, -0.15) is 0 Å². The Morgan fingerprint density at radius 3 is 2.26 bits per heavy atom. The maximum atomic E-state index is 15.8. The Hall–Kier alpha value is -7.09. The standard InChI is InChI=1S/C72H105F2N15O8/c1-47(75-4)68(94)83-67(49-14-6-5-7-15-49)70(96)89-42-53(36-60(89)69(95)82-58-18-10-16-48-13-8-9-17-55(48)58)81-64(91)20-19-63(90)77-27-12-28-86-39-50-33-54(34-51(50)40-86)97-44-66(93)78-26-11-25-76-61-38-62(80-46-79-61)87-31-23-72(24-32-87)45-88(43-65(92)84-72)59-37-56(73)52(35-57(59)74)41-85-29-21-71(2,3)22-30-85/h8-9,13,17,35,37-38,46-47,49-51,53-54,58,60,67,75H,5-7,10-12,14-16,18-34,36,39-45H2,1-4H3,(H,77,90)(H,78,93)(H,81,91)(H,82,95)(H,83,94)(H,84,92)(H,76,79,80)/t47-,50-,51+,53-,54?,58-,60-,67-/m0/s1. The number of likely N-dealkylation sites (tertiary alicyclic amines) is 3. The molecule has 8 aliphatic rings. The lowest BCUT2D eigenvalue weighted by Crippen LogP contribution is -2.66. The third kappa shape index (κ3) is 18.8. The van der Waals surface area contributed by atoms with Crippen molar-refractivity contribution in [1.82, 2.24) is 61.9 Å². The molecule has 2 saturated carbocycles. The first kappa shape index (κ1) is 71.2. The smallest absolute Gasteiger partial charge is 0.246 e. The minimum Gasteiger partial charge on any atom is -0.370 e. The zero-order chi connectivity index (χ0) is 68.2. The van der Waals surface area contributed by atoms with E-state index in [1.54, 1.807) is 23.8 Å². The maximum absolute atomic E-state index is 15.8. The number of fused-ring (bicyclic) bond motifs is 2. The Bertz CT molecular complexity index is 3230. The number of rotatable bonds is 27. The van der Waals surface area contributed by atoms with Gasteiger partial charge in [-0.3, -0.25) is 38.5 Å². The van der Waals surface area contributed by atoms with E-state index in [-0.39, 0.29) is 109 Å². The van der Waals surface area contributed by atoms with Crippen LogP contribution in [0.3, 0.4) is 0 Å². The molecule has 0 radical (unpaired) electrons. The van der Waals surface area contributed by atoms with Crippen LogP contribution in [0, 0.1) is 34.8 Å². The normalized spacial score (nSPS) is 24.8. The van der Waals surface area contributed by atoms with Crippen LogP contribution in [-0.2, 0) is 51.3 Å². The van der Waals surface area contributed by atoms with Gasteiger partial charge in [-0.1, -0.05) is 57.4 Å². The number of hydrogen-bond donors (Lipinski definition) is 8. The summed E-state index contributed by atoms with van der Waals surface area (Å²) in [5, 5.41) is 24.8. The number of ether oxygens (including phenoxy) is 1. The van der Waals surface area contributed by atoms with E-state index in [1.807, 2.05) is 24.3 Å². The van der Waals surface area contributed by atoms with Gasteiger partial charge >= 0.3 is 0 Å². The number of hydrogen-bond acceptors (Lipinski definition) is 16. The summed E-state index contributed by atoms with van der Waals surface area (Å²) in [5.41, 5.74) is 2.40. The number of carbonyl (C=O) groups is 7. The Morgan fingerprint density at radius 1 is 0.763 bits per heavy atom. The predicted octanol–water partition coefficient (Wildman–Crippen LogP) is 5.24. The second-order valence-corrected chi connectivity index (χ2v) is 29.8. The Kier molecular flexibility index (Phi) is 24.0. The van der Waals surface area contributed by atoms with E-state index in [0.717, 1.165) is 128 Å². The van der Waals surface area contributed by atoms with Crippen molar-refractivity contribution in [3.8, 4) is 0 Å². The van der Waals surface area contributed by atoms with E-state index < -0.39 is 41.3 Å². The number of nitrogens with one attached hydrogen (secondary N) is 8. The molecule has 25 heteroatoms. The van der Waals surface area contributed by atoms with Crippen molar-refractivity contribution >= 4 is 58.7 Å². The van der Waals surface area contributed by atoms with Crippen molar-refractivity contribution in [2.45, 2.75) is 191 Å². The number of amides is 7. The van der Waals surface area contributed by atoms with Gasteiger partial charge in [-0.25, -0.2) is 18.7 Å². The molecule has 0 bridgehead atoms. The second-order valence-electron chi connectivity index (χ2n) is 29.8. The lowest BCUT2D eigenvalue weighted by Gasteiger charge is -2.48. The minimum atomic E-state index is -0.855. The monoisotopic (exact) mass is 1350 g/mol. The van der Waals surface area contributed by atoms with Gasteiger partial charge in [-0.15, -0.1) is 0 Å². The molecule has 8 N–H and O–H groups in total. The van der Waals surface area contributed by atoms with Crippen molar-refractivity contribution in [2.75, 3.05) is 114 Å². The van der Waals surface area contributed by atoms with Gasteiger partial charge in [0.15, 0.2) is 0 Å². The van der Waals surface area contributed by atoms with Gasteiger partial charge in [0.05, 0.1) is 36.0 Å². The van der Waals surface area contributed by atoms with Gasteiger partial charge in [0.2, 0.25) is 41.4 Å². The van der Waals surface area contributed by atoms with E-state index in [1.165, 1.54) is 24.0 Å². The number of benzene rings is 2. The number of piperazine rings is 1. The molecule has 97 heavy (non-hydrogen) atoms. The molecule has 3 aliphatic carbocycles. The fraction of sp³-hybridized carbons (Fsp3) is 0.681. The fourth-order valence-electron chi connectivity index (χ4n) is 16.3. The summed E-state index contributed by atoms with van der Waals surface area (Å²) in [6, 6.07) is 9.69. The van der Waals surface area contributed by atoms with Gasteiger partial charge in [0.1, 0.15) is 48.3 Å². The molecular formula is C72H105F2N15O8. The summed E-state index contributed by atoms with van der Waals surface area (Å²) in [6.07, 6.45) is 15.4. The van der Waals surface area contributed by atoms with Crippen LogP contribution in [-0.4, -0.2) is 201 Å². The molecule has 1 aromatic heterocycles. The summed E-state index contributed by atoms with van der Waals surface area (Å²) < 4.78 is 37.4. The number of halogens is 2. The van der Waals surface area contributed by atoms with Gasteiger partial charge in [0, 0.05) is 102 Å². The predicted molar refractivity (Wildman–Crippen MR) is 366 cm³/mol. The van der Waals surface area contributed by atoms with Crippen molar-refractivity contribution in [3.05, 3.63) is 77.1 Å². The highest BCUT2D eigenvalue weighted by molar-refractivity contribution is 5.94. The van der Waals surface area contributed by atoms with Crippen LogP contribution >= 0.6 is 0 Å². The van der Waals surface area contributed by atoms with Gasteiger partial charge in [-0.05, 0) is 164 Å². The molecule has 8 atom stereocenters. The molecule has 5 saturated heterocycles. The number of aromatic nitrogens is 2. The number of aryl methyl sites for hydroxylation is 1. The van der Waals surface area contributed by atoms with Gasteiger partial charge < -0.3 is 66.9 Å². The second kappa shape index (κ2) is 32.7. The summed E-state index contributed by atoms with van der Waals surface area (Å²) in [6.45, 7) is 14.2. The largest absolute Gasteiger partial charge is 0.370 e. The fourth-order valence-corrected chi connectivity index (χ4v) is 16.3. The zero-order valence-electron chi connectivity index (χ0n) is 57.5. The molecule has 1 unspecified atom stereocenters. The van der Waals surface area contributed by atoms with Crippen molar-refractivity contribution in [3.63, 3.8) is 0 Å². The third-order valence-corrected chi connectivity index (χ3v) is 22.2. The van der Waals surface area contributed by atoms with Crippen LogP contribution in [0.2, 0.25) is 0 Å². The first-order valence-electron chi connectivity index (χ1n) is 36.2. The third-order valence-electron chi connectivity index (χ3n) is 22.2. The highest BCUT2D eigenvalue weighted by atomic mass is 19.1. The van der Waals surface area contributed by atoms with Crippen molar-refractivity contribution in [2.24, 2.45) is 23.2 Å². The number of piperidine rings is 2. The molecule has 1 spiro atoms.